The Morgan fingerprint density at radius 1 is 1.04 bits per heavy atom. The van der Waals surface area contributed by atoms with Crippen molar-refractivity contribution in [1.29, 1.82) is 0 Å². The van der Waals surface area contributed by atoms with Gasteiger partial charge in [-0.2, -0.15) is 0 Å². The zero-order valence-corrected chi connectivity index (χ0v) is 16.1. The highest BCUT2D eigenvalue weighted by Crippen LogP contribution is 2.40. The topological polar surface area (TPSA) is 49.9 Å². The summed E-state index contributed by atoms with van der Waals surface area (Å²) in [4.78, 5) is 29.4. The standard InChI is InChI=1S/C21H21ClN2O3/c1-23-18-12-11-15(22)14-19(18)24(16-8-4-3-5-9-16)21(26)17(20(23)25)10-6-7-13-27-2/h3-5,8-12,14H,6-7,13H2,1-2H3/b17-10-. The van der Waals surface area contributed by atoms with Crippen LogP contribution < -0.4 is 9.80 Å². The number of carbonyl (C=O) groups excluding carboxylic acids is 2. The van der Waals surface area contributed by atoms with Crippen molar-refractivity contribution in [2.45, 2.75) is 12.8 Å². The molecule has 3 rings (SSSR count). The highest BCUT2D eigenvalue weighted by atomic mass is 35.5. The van der Waals surface area contributed by atoms with Gasteiger partial charge >= 0.3 is 0 Å². The number of anilines is 3. The fourth-order valence-corrected chi connectivity index (χ4v) is 3.22. The van der Waals surface area contributed by atoms with E-state index in [1.54, 1.807) is 43.3 Å². The van der Waals surface area contributed by atoms with Gasteiger partial charge in [-0.05, 0) is 43.2 Å². The van der Waals surface area contributed by atoms with Crippen molar-refractivity contribution in [3.8, 4) is 0 Å². The first kappa shape index (κ1) is 19.1. The van der Waals surface area contributed by atoms with E-state index in [9.17, 15) is 9.59 Å². The molecule has 5 nitrogen and oxygen atoms in total. The minimum absolute atomic E-state index is 0.143. The van der Waals surface area contributed by atoms with E-state index in [1.165, 1.54) is 4.90 Å². The van der Waals surface area contributed by atoms with Gasteiger partial charge in [-0.25, -0.2) is 0 Å². The van der Waals surface area contributed by atoms with Gasteiger partial charge in [0.1, 0.15) is 5.57 Å². The molecule has 0 spiro atoms. The molecule has 2 aromatic carbocycles. The summed E-state index contributed by atoms with van der Waals surface area (Å²) in [6.45, 7) is 0.570. The molecule has 2 aromatic rings. The molecule has 0 unspecified atom stereocenters. The zero-order valence-electron chi connectivity index (χ0n) is 15.3. The number of ether oxygens (including phenoxy) is 1. The lowest BCUT2D eigenvalue weighted by Crippen LogP contribution is -2.32. The van der Waals surface area contributed by atoms with Crippen LogP contribution in [-0.4, -0.2) is 32.6 Å². The number of hydrogen-bond acceptors (Lipinski definition) is 3. The lowest BCUT2D eigenvalue weighted by Gasteiger charge is -2.24. The molecule has 27 heavy (non-hydrogen) atoms. The Balaban J connectivity index is 2.13. The number of methoxy groups -OCH3 is 1. The molecular formula is C21H21ClN2O3. The molecule has 1 heterocycles. The van der Waals surface area contributed by atoms with Gasteiger partial charge in [0, 0.05) is 31.5 Å². The average molecular weight is 385 g/mol. The van der Waals surface area contributed by atoms with Crippen molar-refractivity contribution in [1.82, 2.24) is 0 Å². The SMILES string of the molecule is COCCC/C=C1/C(=O)N(C)c2ccc(Cl)cc2N(c2ccccc2)C1=O. The summed E-state index contributed by atoms with van der Waals surface area (Å²) in [7, 11) is 3.29. The van der Waals surface area contributed by atoms with Gasteiger partial charge in [-0.1, -0.05) is 35.9 Å². The number of carbonyl (C=O) groups is 2. The first-order chi connectivity index (χ1) is 13.0. The first-order valence-electron chi connectivity index (χ1n) is 8.71. The third kappa shape index (κ3) is 3.89. The molecule has 140 valence electrons. The maximum atomic E-state index is 13.4. The summed E-state index contributed by atoms with van der Waals surface area (Å²) in [6.07, 6.45) is 3.01. The molecule has 1 aliphatic heterocycles. The summed E-state index contributed by atoms with van der Waals surface area (Å²) in [6, 6.07) is 14.4. The minimum Gasteiger partial charge on any atom is -0.385 e. The molecule has 0 aliphatic carbocycles. The first-order valence-corrected chi connectivity index (χ1v) is 9.08. The number of likely N-dealkylation sites (N-methyl/N-ethyl adjacent to an activating group) is 1. The normalized spacial score (nSPS) is 15.9. The molecule has 1 aliphatic rings. The van der Waals surface area contributed by atoms with E-state index >= 15 is 0 Å². The van der Waals surface area contributed by atoms with Crippen LogP contribution >= 0.6 is 11.6 Å². The number of benzene rings is 2. The summed E-state index contributed by atoms with van der Waals surface area (Å²) in [5.41, 5.74) is 2.03. The van der Waals surface area contributed by atoms with Gasteiger partial charge in [-0.3, -0.25) is 14.5 Å². The van der Waals surface area contributed by atoms with Gasteiger partial charge < -0.3 is 9.64 Å². The van der Waals surface area contributed by atoms with E-state index in [0.717, 1.165) is 6.42 Å². The van der Waals surface area contributed by atoms with E-state index in [0.29, 0.717) is 35.1 Å². The Bertz CT molecular complexity index is 880. The van der Waals surface area contributed by atoms with Crippen molar-refractivity contribution in [2.75, 3.05) is 30.6 Å². The second kappa shape index (κ2) is 8.37. The number of halogens is 1. The van der Waals surface area contributed by atoms with E-state index in [4.69, 9.17) is 16.3 Å². The molecule has 0 saturated carbocycles. The average Bonchev–Trinajstić information content (AvgIpc) is 2.74. The van der Waals surface area contributed by atoms with Crippen LogP contribution in [0.1, 0.15) is 12.8 Å². The molecular weight excluding hydrogens is 364 g/mol. The number of rotatable bonds is 5. The van der Waals surface area contributed by atoms with Gasteiger partial charge in [-0.15, -0.1) is 0 Å². The van der Waals surface area contributed by atoms with Crippen LogP contribution in [0.25, 0.3) is 0 Å². The minimum atomic E-state index is -0.364. The van der Waals surface area contributed by atoms with Crippen LogP contribution in [0.2, 0.25) is 5.02 Å². The molecule has 0 atom stereocenters. The maximum absolute atomic E-state index is 13.4. The van der Waals surface area contributed by atoms with Crippen molar-refractivity contribution in [2.24, 2.45) is 0 Å². The van der Waals surface area contributed by atoms with E-state index < -0.39 is 0 Å². The van der Waals surface area contributed by atoms with Crippen molar-refractivity contribution >= 4 is 40.5 Å². The van der Waals surface area contributed by atoms with Gasteiger partial charge in [0.15, 0.2) is 0 Å². The fourth-order valence-electron chi connectivity index (χ4n) is 3.05. The number of para-hydroxylation sites is 1. The van der Waals surface area contributed by atoms with Gasteiger partial charge in [0.25, 0.3) is 11.8 Å². The number of unbranched alkanes of at least 4 members (excludes halogenated alkanes) is 1. The summed E-state index contributed by atoms with van der Waals surface area (Å²) >= 11 is 6.20. The van der Waals surface area contributed by atoms with E-state index in [2.05, 4.69) is 0 Å². The number of hydrogen-bond donors (Lipinski definition) is 0. The van der Waals surface area contributed by atoms with Crippen LogP contribution in [0, 0.1) is 0 Å². The number of fused-ring (bicyclic) bond motifs is 1. The predicted octanol–water partition coefficient (Wildman–Crippen LogP) is 4.33. The largest absolute Gasteiger partial charge is 0.385 e. The highest BCUT2D eigenvalue weighted by molar-refractivity contribution is 6.34. The molecule has 2 amide bonds. The monoisotopic (exact) mass is 384 g/mol. The van der Waals surface area contributed by atoms with Crippen LogP contribution in [0.4, 0.5) is 17.1 Å². The van der Waals surface area contributed by atoms with Crippen LogP contribution in [0.5, 0.6) is 0 Å². The third-order valence-corrected chi connectivity index (χ3v) is 4.66. The third-order valence-electron chi connectivity index (χ3n) is 4.42. The fraction of sp³-hybridized carbons (Fsp3) is 0.238. The van der Waals surface area contributed by atoms with Crippen LogP contribution in [0.15, 0.2) is 60.2 Å². The molecule has 6 heteroatoms. The zero-order chi connectivity index (χ0) is 19.4. The highest BCUT2D eigenvalue weighted by Gasteiger charge is 2.35. The van der Waals surface area contributed by atoms with E-state index in [1.807, 2.05) is 30.3 Å². The Hall–Kier alpha value is -2.63. The van der Waals surface area contributed by atoms with Crippen molar-refractivity contribution < 1.29 is 14.3 Å². The molecule has 0 saturated heterocycles. The number of nitrogens with zero attached hydrogens (tertiary/aromatic N) is 2. The molecule has 0 radical (unpaired) electrons. The lowest BCUT2D eigenvalue weighted by molar-refractivity contribution is -0.120. The van der Waals surface area contributed by atoms with Gasteiger partial charge in [0.05, 0.1) is 11.4 Å². The summed E-state index contributed by atoms with van der Waals surface area (Å²) in [5.74, 6) is -0.698. The molecule has 0 N–H and O–H groups in total. The molecule has 0 aromatic heterocycles. The van der Waals surface area contributed by atoms with Crippen LogP contribution in [0.3, 0.4) is 0 Å². The second-order valence-corrected chi connectivity index (χ2v) is 6.66. The Labute approximate surface area is 163 Å². The van der Waals surface area contributed by atoms with Gasteiger partial charge in [0.2, 0.25) is 0 Å². The molecule has 0 fully saturated rings. The van der Waals surface area contributed by atoms with Crippen LogP contribution in [-0.2, 0) is 14.3 Å². The van der Waals surface area contributed by atoms with E-state index in [-0.39, 0.29) is 17.4 Å². The number of amides is 2. The lowest BCUT2D eigenvalue weighted by atomic mass is 10.1. The summed E-state index contributed by atoms with van der Waals surface area (Å²) < 4.78 is 5.05. The smallest absolute Gasteiger partial charge is 0.268 e. The quantitative estimate of drug-likeness (QED) is 0.438. The van der Waals surface area contributed by atoms with Crippen molar-refractivity contribution in [3.63, 3.8) is 0 Å². The predicted molar refractivity (Wildman–Crippen MR) is 108 cm³/mol. The Morgan fingerprint density at radius 2 is 1.78 bits per heavy atom. The second-order valence-electron chi connectivity index (χ2n) is 6.23. The summed E-state index contributed by atoms with van der Waals surface area (Å²) in [5, 5.41) is 0.496. The number of allylic oxidation sites excluding steroid dienone is 1. The maximum Gasteiger partial charge on any atom is 0.268 e. The Kier molecular flexibility index (Phi) is 5.94. The van der Waals surface area contributed by atoms with Crippen molar-refractivity contribution in [3.05, 3.63) is 65.2 Å². The molecule has 0 bridgehead atoms. The Morgan fingerprint density at radius 3 is 2.48 bits per heavy atom.